The molecule has 336 valence electrons. The Labute approximate surface area is 371 Å². The van der Waals surface area contributed by atoms with Gasteiger partial charge in [-0.25, -0.2) is 4.79 Å². The summed E-state index contributed by atoms with van der Waals surface area (Å²) in [6.45, 7) is 6.76. The second kappa shape index (κ2) is 18.6. The summed E-state index contributed by atoms with van der Waals surface area (Å²) < 4.78 is 12.0. The molecular formula is C55H74O7. The first-order valence-corrected chi connectivity index (χ1v) is 24.5. The maximum absolute atomic E-state index is 14.1. The van der Waals surface area contributed by atoms with Crippen LogP contribution in [0.3, 0.4) is 0 Å². The van der Waals surface area contributed by atoms with Gasteiger partial charge in [0.15, 0.2) is 0 Å². The smallest absolute Gasteiger partial charge is 0.331 e. The van der Waals surface area contributed by atoms with Gasteiger partial charge < -0.3 is 24.8 Å². The summed E-state index contributed by atoms with van der Waals surface area (Å²) in [5.41, 5.74) is -0.760. The molecule has 0 amide bonds. The van der Waals surface area contributed by atoms with E-state index >= 15 is 0 Å². The van der Waals surface area contributed by atoms with Gasteiger partial charge in [-0.05, 0) is 161 Å². The number of hydrogen-bond acceptors (Lipinski definition) is 7. The quantitative estimate of drug-likeness (QED) is 0.121. The summed E-state index contributed by atoms with van der Waals surface area (Å²) in [6, 6.07) is 21.4. The number of aryl methyl sites for hydroxylation is 2. The Morgan fingerprint density at radius 1 is 0.839 bits per heavy atom. The Hall–Kier alpha value is -3.44. The number of fused-ring (bicyclic) bond motifs is 4. The van der Waals surface area contributed by atoms with Crippen LogP contribution in [0.4, 0.5) is 0 Å². The molecule has 7 nitrogen and oxygen atoms in total. The van der Waals surface area contributed by atoms with Crippen molar-refractivity contribution in [1.29, 1.82) is 0 Å². The predicted octanol–water partition coefficient (Wildman–Crippen LogP) is 10.3. The number of cyclic esters (lactones) is 1. The normalized spacial score (nSPS) is 37.7. The number of ether oxygens (including phenoxy) is 2. The molecule has 1 spiro atoms. The fourth-order valence-electron chi connectivity index (χ4n) is 14.6. The molecule has 10 atom stereocenters. The Morgan fingerprint density at radius 3 is 2.23 bits per heavy atom. The lowest BCUT2D eigenvalue weighted by Crippen LogP contribution is -2.79. The van der Waals surface area contributed by atoms with E-state index in [9.17, 15) is 24.9 Å². The summed E-state index contributed by atoms with van der Waals surface area (Å²) in [5.74, 6) is 6.94. The van der Waals surface area contributed by atoms with Gasteiger partial charge in [-0.3, -0.25) is 4.79 Å². The molecule has 2 bridgehead atoms. The van der Waals surface area contributed by atoms with E-state index in [0.29, 0.717) is 43.4 Å². The summed E-state index contributed by atoms with van der Waals surface area (Å²) in [6.07, 6.45) is 16.2. The summed E-state index contributed by atoms with van der Waals surface area (Å²) >= 11 is 0. The van der Waals surface area contributed by atoms with Gasteiger partial charge in [0, 0.05) is 24.8 Å². The number of esters is 2. The van der Waals surface area contributed by atoms with Gasteiger partial charge >= 0.3 is 11.9 Å². The minimum atomic E-state index is -1.68. The number of benzene rings is 2. The molecule has 8 rings (SSSR count). The van der Waals surface area contributed by atoms with Crippen LogP contribution in [0.2, 0.25) is 0 Å². The summed E-state index contributed by atoms with van der Waals surface area (Å²) in [5, 5.41) is 40.3. The fraction of sp³-hybridized carbons (Fsp3) is 0.673. The molecule has 2 aromatic carbocycles. The molecule has 6 aliphatic rings. The van der Waals surface area contributed by atoms with Crippen LogP contribution in [0.25, 0.3) is 0 Å². The lowest BCUT2D eigenvalue weighted by Gasteiger charge is -2.72. The van der Waals surface area contributed by atoms with Crippen molar-refractivity contribution >= 4 is 11.9 Å². The zero-order valence-corrected chi connectivity index (χ0v) is 37.9. The van der Waals surface area contributed by atoms with Crippen molar-refractivity contribution in [2.24, 2.45) is 45.3 Å². The highest BCUT2D eigenvalue weighted by molar-refractivity contribution is 5.85. The Bertz CT molecular complexity index is 1960. The lowest BCUT2D eigenvalue weighted by molar-refractivity contribution is -0.339. The van der Waals surface area contributed by atoms with Crippen molar-refractivity contribution in [1.82, 2.24) is 0 Å². The molecule has 62 heavy (non-hydrogen) atoms. The average molecular weight is 847 g/mol. The van der Waals surface area contributed by atoms with E-state index in [1.807, 2.05) is 13.0 Å². The molecule has 2 heterocycles. The van der Waals surface area contributed by atoms with E-state index in [-0.39, 0.29) is 37.3 Å². The second-order valence-electron chi connectivity index (χ2n) is 21.6. The molecule has 0 saturated heterocycles. The molecule has 0 radical (unpaired) electrons. The van der Waals surface area contributed by atoms with Crippen LogP contribution in [0, 0.1) is 57.2 Å². The van der Waals surface area contributed by atoms with Gasteiger partial charge in [-0.1, -0.05) is 86.9 Å². The van der Waals surface area contributed by atoms with Gasteiger partial charge in [0.2, 0.25) is 0 Å². The van der Waals surface area contributed by atoms with Gasteiger partial charge in [-0.2, -0.15) is 0 Å². The third-order valence-corrected chi connectivity index (χ3v) is 17.9. The van der Waals surface area contributed by atoms with Crippen LogP contribution >= 0.6 is 0 Å². The molecule has 7 heteroatoms. The lowest BCUT2D eigenvalue weighted by atomic mass is 9.35. The first-order chi connectivity index (χ1) is 29.8. The molecule has 2 aliphatic heterocycles. The molecule has 0 aromatic heterocycles. The molecule has 10 unspecified atom stereocenters. The maximum atomic E-state index is 14.1. The minimum absolute atomic E-state index is 0.170. The fourth-order valence-corrected chi connectivity index (χ4v) is 14.6. The van der Waals surface area contributed by atoms with Crippen LogP contribution in [0.5, 0.6) is 0 Å². The number of carbonyl (C=O) groups excluding carboxylic acids is 2. The molecule has 4 fully saturated rings. The number of aliphatic hydroxyl groups is 3. The van der Waals surface area contributed by atoms with Crippen molar-refractivity contribution in [3.8, 4) is 11.8 Å². The Morgan fingerprint density at radius 2 is 1.53 bits per heavy atom. The zero-order chi connectivity index (χ0) is 43.6. The number of rotatable bonds is 15. The Kier molecular flexibility index (Phi) is 13.5. The largest absolute Gasteiger partial charge is 0.462 e. The van der Waals surface area contributed by atoms with Crippen LogP contribution < -0.4 is 0 Å². The number of aliphatic hydroxyl groups excluding tert-OH is 2. The van der Waals surface area contributed by atoms with Crippen molar-refractivity contribution in [2.45, 2.75) is 180 Å². The van der Waals surface area contributed by atoms with Crippen molar-refractivity contribution < 1.29 is 34.4 Å². The van der Waals surface area contributed by atoms with Gasteiger partial charge in [0.05, 0.1) is 35.1 Å². The standard InChI is InChI=1S/C55H74O7/c1-39(13-12-18-40-14-6-4-7-15-40)20-23-46(56)55-47(57)28-30-52(3,44-26-32-53(33-27-44)31-24-42(36-53)22-21-41-16-8-5-9-17-41)50(55)45-37-51(2,29-11-10-19-48(58)62-45)54(55,60)34-25-43-35-49(59)61-38-43/h4-9,14-17,35,39,42,44-47,50,56-57,60H,10,12-13,18-28,30-34,36-38H2,1-3H3. The third kappa shape index (κ3) is 8.71. The monoisotopic (exact) mass is 847 g/mol. The summed E-state index contributed by atoms with van der Waals surface area (Å²) in [7, 11) is 0. The minimum Gasteiger partial charge on any atom is -0.462 e. The van der Waals surface area contributed by atoms with E-state index in [1.165, 1.54) is 55.7 Å². The van der Waals surface area contributed by atoms with E-state index in [1.54, 1.807) is 0 Å². The second-order valence-corrected chi connectivity index (χ2v) is 21.6. The first-order valence-electron chi connectivity index (χ1n) is 24.5. The van der Waals surface area contributed by atoms with E-state index < -0.39 is 46.1 Å². The highest BCUT2D eigenvalue weighted by Gasteiger charge is 2.77. The van der Waals surface area contributed by atoms with Crippen molar-refractivity contribution in [3.05, 3.63) is 83.4 Å². The molecule has 4 aliphatic carbocycles. The topological polar surface area (TPSA) is 113 Å². The van der Waals surface area contributed by atoms with Crippen LogP contribution in [0.1, 0.15) is 154 Å². The third-order valence-electron chi connectivity index (χ3n) is 17.9. The van der Waals surface area contributed by atoms with Crippen LogP contribution in [-0.4, -0.2) is 57.8 Å². The van der Waals surface area contributed by atoms with E-state index in [0.717, 1.165) is 62.9 Å². The molecule has 4 saturated carbocycles. The molecule has 2 aromatic rings. The van der Waals surface area contributed by atoms with Gasteiger partial charge in [0.1, 0.15) is 12.7 Å². The van der Waals surface area contributed by atoms with Crippen molar-refractivity contribution in [2.75, 3.05) is 6.61 Å². The van der Waals surface area contributed by atoms with Gasteiger partial charge in [0.25, 0.3) is 0 Å². The first kappa shape index (κ1) is 45.1. The number of carbonyl (C=O) groups is 2. The van der Waals surface area contributed by atoms with Crippen LogP contribution in [-0.2, 0) is 31.9 Å². The highest BCUT2D eigenvalue weighted by atomic mass is 16.5. The van der Waals surface area contributed by atoms with Crippen molar-refractivity contribution in [3.63, 3.8) is 0 Å². The predicted molar refractivity (Wildman–Crippen MR) is 242 cm³/mol. The van der Waals surface area contributed by atoms with E-state index in [2.05, 4.69) is 80.3 Å². The molecule has 3 N–H and O–H groups in total. The van der Waals surface area contributed by atoms with E-state index in [4.69, 9.17) is 9.47 Å². The SMILES string of the molecule is CC(CCCc1ccccc1)CCC(O)C12C(O)CCC(C)(C3CCC4(CCC(CCc5ccccc5)C4)CC3)C1C1CC(C)(C#CCCC(=O)O1)C2(O)CCC1=CC(=O)OC1. The summed E-state index contributed by atoms with van der Waals surface area (Å²) in [4.78, 5) is 26.0. The molecular weight excluding hydrogens is 773 g/mol. The Balaban J connectivity index is 1.11. The van der Waals surface area contributed by atoms with Crippen LogP contribution in [0.15, 0.2) is 72.3 Å². The van der Waals surface area contributed by atoms with Gasteiger partial charge in [-0.15, -0.1) is 5.92 Å². The number of hydrogen-bond donors (Lipinski definition) is 3. The maximum Gasteiger partial charge on any atom is 0.331 e. The zero-order valence-electron chi connectivity index (χ0n) is 37.9. The average Bonchev–Trinajstić information content (AvgIpc) is 3.89. The highest BCUT2D eigenvalue weighted by Crippen LogP contribution is 2.72.